The van der Waals surface area contributed by atoms with E-state index in [4.69, 9.17) is 0 Å². The van der Waals surface area contributed by atoms with Crippen LogP contribution >= 0.6 is 0 Å². The molecule has 0 bridgehead atoms. The van der Waals surface area contributed by atoms with Gasteiger partial charge in [-0.05, 0) is 80.3 Å². The first-order chi connectivity index (χ1) is 10.2. The molecule has 0 N–H and O–H groups in total. The predicted molar refractivity (Wildman–Crippen MR) is 88.7 cm³/mol. The summed E-state index contributed by atoms with van der Waals surface area (Å²) in [6, 6.07) is 4.32. The van der Waals surface area contributed by atoms with Gasteiger partial charge in [0.2, 0.25) is 0 Å². The molecule has 0 saturated carbocycles. The first-order valence-corrected chi connectivity index (χ1v) is 8.04. The number of pyridine rings is 2. The Morgan fingerprint density at radius 3 is 1.46 bits per heavy atom. The Morgan fingerprint density at radius 1 is 0.750 bits per heavy atom. The van der Waals surface area contributed by atoms with E-state index in [1.165, 1.54) is 40.1 Å². The van der Waals surface area contributed by atoms with Crippen LogP contribution in [0.2, 0.25) is 0 Å². The largest absolute Gasteiger partial charge is 2.00 e. The molecule has 0 radical (unpaired) electrons. The van der Waals surface area contributed by atoms with Gasteiger partial charge in [-0.2, -0.15) is 0 Å². The molecule has 0 unspecified atom stereocenters. The zero-order chi connectivity index (χ0) is 15.2. The van der Waals surface area contributed by atoms with E-state index in [1.807, 2.05) is 12.4 Å². The van der Waals surface area contributed by atoms with E-state index in [0.717, 1.165) is 25.7 Å². The van der Waals surface area contributed by atoms with Gasteiger partial charge in [0.25, 0.3) is 0 Å². The van der Waals surface area contributed by atoms with Crippen molar-refractivity contribution in [2.24, 2.45) is 0 Å². The number of nitrogens with zero attached hydrogens (tertiary/aromatic N) is 2. The SMILES string of the molecule is CCc1ccnc(C)c1CCCc1c(CC)ccnc1C.[Cl-].[Cl-].[Pt+2]. The van der Waals surface area contributed by atoms with E-state index in [0.29, 0.717) is 0 Å². The fourth-order valence-corrected chi connectivity index (χ4v) is 3.09. The normalized spacial score (nSPS) is 9.50. The van der Waals surface area contributed by atoms with Crippen molar-refractivity contribution < 1.29 is 45.9 Å². The molecular formula is C19H26Cl2N2Pt. The number of aryl methyl sites for hydroxylation is 4. The zero-order valence-corrected chi connectivity index (χ0v) is 18.6. The van der Waals surface area contributed by atoms with Crippen LogP contribution in [0.3, 0.4) is 0 Å². The summed E-state index contributed by atoms with van der Waals surface area (Å²) >= 11 is 0. The molecular weight excluding hydrogens is 522 g/mol. The molecule has 0 atom stereocenters. The first-order valence-electron chi connectivity index (χ1n) is 8.04. The van der Waals surface area contributed by atoms with Gasteiger partial charge in [-0.25, -0.2) is 0 Å². The van der Waals surface area contributed by atoms with Crippen LogP contribution in [0.1, 0.15) is 53.9 Å². The monoisotopic (exact) mass is 547 g/mol. The molecule has 136 valence electrons. The second-order valence-electron chi connectivity index (χ2n) is 5.63. The summed E-state index contributed by atoms with van der Waals surface area (Å²) < 4.78 is 0. The third kappa shape index (κ3) is 6.47. The van der Waals surface area contributed by atoms with Crippen LogP contribution in [0.25, 0.3) is 0 Å². The summed E-state index contributed by atoms with van der Waals surface area (Å²) in [5.41, 5.74) is 8.15. The maximum Gasteiger partial charge on any atom is 2.00 e. The van der Waals surface area contributed by atoms with Crippen LogP contribution in [0, 0.1) is 13.8 Å². The molecule has 2 nitrogen and oxygen atoms in total. The molecule has 0 aliphatic carbocycles. The number of halogens is 2. The smallest absolute Gasteiger partial charge is 1.00 e. The molecule has 0 saturated heterocycles. The van der Waals surface area contributed by atoms with Gasteiger partial charge in [-0.15, -0.1) is 0 Å². The van der Waals surface area contributed by atoms with Gasteiger partial charge in [0, 0.05) is 23.8 Å². The zero-order valence-electron chi connectivity index (χ0n) is 14.8. The Balaban J connectivity index is 0. The van der Waals surface area contributed by atoms with Crippen molar-refractivity contribution in [2.45, 2.75) is 59.8 Å². The summed E-state index contributed by atoms with van der Waals surface area (Å²) in [6.07, 6.45) is 9.42. The van der Waals surface area contributed by atoms with E-state index in [1.54, 1.807) is 0 Å². The van der Waals surface area contributed by atoms with Crippen LogP contribution in [-0.2, 0) is 46.7 Å². The molecule has 0 fully saturated rings. The van der Waals surface area contributed by atoms with Crippen LogP contribution in [-0.4, -0.2) is 9.97 Å². The van der Waals surface area contributed by atoms with Gasteiger partial charge >= 0.3 is 21.1 Å². The van der Waals surface area contributed by atoms with Gasteiger partial charge in [0.1, 0.15) is 0 Å². The molecule has 0 aromatic carbocycles. The summed E-state index contributed by atoms with van der Waals surface area (Å²) in [5, 5.41) is 0. The second kappa shape index (κ2) is 12.9. The molecule has 5 heteroatoms. The van der Waals surface area contributed by atoms with Gasteiger partial charge in [0.05, 0.1) is 0 Å². The summed E-state index contributed by atoms with van der Waals surface area (Å²) in [5.74, 6) is 0. The average Bonchev–Trinajstić information content (AvgIpc) is 2.50. The maximum absolute atomic E-state index is 4.45. The Labute approximate surface area is 173 Å². The number of rotatable bonds is 6. The topological polar surface area (TPSA) is 25.8 Å². The van der Waals surface area contributed by atoms with Crippen LogP contribution in [0.4, 0.5) is 0 Å². The summed E-state index contributed by atoms with van der Waals surface area (Å²) in [4.78, 5) is 8.90. The average molecular weight is 548 g/mol. The first kappa shape index (κ1) is 25.8. The van der Waals surface area contributed by atoms with E-state index in [9.17, 15) is 0 Å². The fraction of sp³-hybridized carbons (Fsp3) is 0.474. The quantitative estimate of drug-likeness (QED) is 0.435. The molecule has 0 amide bonds. The minimum absolute atomic E-state index is 0. The minimum atomic E-state index is 0. The number of hydrogen-bond acceptors (Lipinski definition) is 2. The molecule has 0 aliphatic heterocycles. The van der Waals surface area contributed by atoms with Gasteiger partial charge in [0.15, 0.2) is 0 Å². The van der Waals surface area contributed by atoms with Crippen molar-refractivity contribution in [3.63, 3.8) is 0 Å². The third-order valence-electron chi connectivity index (χ3n) is 4.35. The maximum atomic E-state index is 4.45. The molecule has 24 heavy (non-hydrogen) atoms. The van der Waals surface area contributed by atoms with Crippen LogP contribution in [0.5, 0.6) is 0 Å². The molecule has 2 heterocycles. The summed E-state index contributed by atoms with van der Waals surface area (Å²) in [7, 11) is 0. The Kier molecular flexibility index (Phi) is 13.8. The van der Waals surface area contributed by atoms with Crippen molar-refractivity contribution in [1.29, 1.82) is 0 Å². The van der Waals surface area contributed by atoms with Crippen molar-refractivity contribution >= 4 is 0 Å². The minimum Gasteiger partial charge on any atom is -1.00 e. The van der Waals surface area contributed by atoms with E-state index in [-0.39, 0.29) is 45.9 Å². The molecule has 2 aromatic heterocycles. The Bertz CT molecular complexity index is 565. The second-order valence-corrected chi connectivity index (χ2v) is 5.63. The molecule has 2 aromatic rings. The van der Waals surface area contributed by atoms with Crippen LogP contribution in [0.15, 0.2) is 24.5 Å². The Morgan fingerprint density at radius 2 is 1.12 bits per heavy atom. The van der Waals surface area contributed by atoms with Crippen LogP contribution < -0.4 is 24.8 Å². The third-order valence-corrected chi connectivity index (χ3v) is 4.35. The van der Waals surface area contributed by atoms with Crippen molar-refractivity contribution in [3.05, 3.63) is 58.2 Å². The molecule has 0 spiro atoms. The van der Waals surface area contributed by atoms with Crippen molar-refractivity contribution in [2.75, 3.05) is 0 Å². The van der Waals surface area contributed by atoms with E-state index < -0.39 is 0 Å². The van der Waals surface area contributed by atoms with E-state index in [2.05, 4.69) is 49.8 Å². The van der Waals surface area contributed by atoms with E-state index >= 15 is 0 Å². The number of aromatic nitrogens is 2. The summed E-state index contributed by atoms with van der Waals surface area (Å²) in [6.45, 7) is 8.69. The standard InChI is InChI=1S/C19H26N2.2ClH.Pt/c1-5-16-10-12-20-14(3)18(16)8-7-9-19-15(4)21-13-11-17(19)6-2;;;/h10-13H,5-9H2,1-4H3;2*1H;/q;;;+2/p-2. The molecule has 0 aliphatic rings. The Hall–Kier alpha value is -0.432. The predicted octanol–water partition coefficient (Wildman–Crippen LogP) is -1.60. The van der Waals surface area contributed by atoms with Crippen molar-refractivity contribution in [1.82, 2.24) is 9.97 Å². The van der Waals surface area contributed by atoms with Gasteiger partial charge < -0.3 is 24.8 Å². The van der Waals surface area contributed by atoms with Gasteiger partial charge in [-0.3, -0.25) is 9.97 Å². The molecule has 2 rings (SSSR count). The van der Waals surface area contributed by atoms with Crippen molar-refractivity contribution in [3.8, 4) is 0 Å². The number of hydrogen-bond donors (Lipinski definition) is 0. The van der Waals surface area contributed by atoms with Gasteiger partial charge in [-0.1, -0.05) is 13.8 Å². The fourth-order valence-electron chi connectivity index (χ4n) is 3.09.